The molecule has 4 heteroatoms. The van der Waals surface area contributed by atoms with Crippen molar-refractivity contribution in [1.29, 1.82) is 0 Å². The number of likely N-dealkylation sites (tertiary alicyclic amines) is 1. The molecule has 0 radical (unpaired) electrons. The van der Waals surface area contributed by atoms with E-state index in [9.17, 15) is 4.79 Å². The first-order valence-corrected chi connectivity index (χ1v) is 7.93. The molecule has 1 aliphatic heterocycles. The quantitative estimate of drug-likeness (QED) is 0.922. The third kappa shape index (κ3) is 3.98. The van der Waals surface area contributed by atoms with Crippen LogP contribution in [0.1, 0.15) is 40.9 Å². The molecule has 1 N–H and O–H groups in total. The van der Waals surface area contributed by atoms with Crippen molar-refractivity contribution < 1.29 is 9.21 Å². The van der Waals surface area contributed by atoms with Gasteiger partial charge in [-0.2, -0.15) is 0 Å². The molecule has 1 amide bonds. The van der Waals surface area contributed by atoms with E-state index in [1.165, 1.54) is 44.2 Å². The van der Waals surface area contributed by atoms with Gasteiger partial charge in [-0.3, -0.25) is 9.69 Å². The second-order valence-corrected chi connectivity index (χ2v) is 5.81. The zero-order valence-corrected chi connectivity index (χ0v) is 12.8. The van der Waals surface area contributed by atoms with Crippen LogP contribution in [0.15, 0.2) is 47.1 Å². The summed E-state index contributed by atoms with van der Waals surface area (Å²) < 4.78 is 5.07. The summed E-state index contributed by atoms with van der Waals surface area (Å²) in [4.78, 5) is 14.3. The molecule has 4 nitrogen and oxygen atoms in total. The van der Waals surface area contributed by atoms with E-state index in [1.807, 2.05) is 0 Å². The number of carbonyl (C=O) groups excluding carboxylic acids is 1. The van der Waals surface area contributed by atoms with E-state index >= 15 is 0 Å². The highest BCUT2D eigenvalue weighted by Gasteiger charge is 2.10. The molecule has 0 unspecified atom stereocenters. The van der Waals surface area contributed by atoms with Crippen LogP contribution in [-0.2, 0) is 13.1 Å². The number of furan rings is 1. The Labute approximate surface area is 131 Å². The Kier molecular flexibility index (Phi) is 4.91. The number of nitrogens with zero attached hydrogens (tertiary/aromatic N) is 1. The van der Waals surface area contributed by atoms with Gasteiger partial charge in [0.2, 0.25) is 0 Å². The van der Waals surface area contributed by atoms with E-state index in [2.05, 4.69) is 34.5 Å². The van der Waals surface area contributed by atoms with Gasteiger partial charge >= 0.3 is 0 Å². The molecule has 116 valence electrons. The molecule has 0 atom stereocenters. The maximum Gasteiger partial charge on any atom is 0.287 e. The van der Waals surface area contributed by atoms with Crippen LogP contribution in [0.3, 0.4) is 0 Å². The van der Waals surface area contributed by atoms with Crippen LogP contribution in [0.2, 0.25) is 0 Å². The van der Waals surface area contributed by atoms with Crippen molar-refractivity contribution in [1.82, 2.24) is 10.2 Å². The largest absolute Gasteiger partial charge is 0.459 e. The molecule has 1 aliphatic rings. The highest BCUT2D eigenvalue weighted by molar-refractivity contribution is 5.91. The lowest BCUT2D eigenvalue weighted by Gasteiger charge is -2.26. The van der Waals surface area contributed by atoms with Gasteiger partial charge < -0.3 is 9.73 Å². The minimum absolute atomic E-state index is 0.178. The third-order valence-electron chi connectivity index (χ3n) is 4.08. The first kappa shape index (κ1) is 14.9. The average molecular weight is 298 g/mol. The van der Waals surface area contributed by atoms with Crippen molar-refractivity contribution in [2.75, 3.05) is 13.1 Å². The van der Waals surface area contributed by atoms with Crippen LogP contribution in [0, 0.1) is 0 Å². The lowest BCUT2D eigenvalue weighted by Crippen LogP contribution is -2.29. The van der Waals surface area contributed by atoms with Gasteiger partial charge in [-0.05, 0) is 49.2 Å². The highest BCUT2D eigenvalue weighted by Crippen LogP contribution is 2.13. The van der Waals surface area contributed by atoms with E-state index in [4.69, 9.17) is 4.42 Å². The van der Waals surface area contributed by atoms with E-state index in [0.29, 0.717) is 12.3 Å². The summed E-state index contributed by atoms with van der Waals surface area (Å²) in [5, 5.41) is 2.86. The van der Waals surface area contributed by atoms with Crippen LogP contribution >= 0.6 is 0 Å². The minimum Gasteiger partial charge on any atom is -0.459 e. The van der Waals surface area contributed by atoms with Gasteiger partial charge in [-0.15, -0.1) is 0 Å². The Hall–Kier alpha value is -2.07. The fraction of sp³-hybridized carbons (Fsp3) is 0.389. The van der Waals surface area contributed by atoms with Crippen LogP contribution in [0.4, 0.5) is 0 Å². The summed E-state index contributed by atoms with van der Waals surface area (Å²) in [6.45, 7) is 3.96. The number of benzene rings is 1. The fourth-order valence-corrected chi connectivity index (χ4v) is 2.82. The zero-order valence-electron chi connectivity index (χ0n) is 12.8. The van der Waals surface area contributed by atoms with Gasteiger partial charge in [0.25, 0.3) is 5.91 Å². The van der Waals surface area contributed by atoms with E-state index in [1.54, 1.807) is 12.1 Å². The fourth-order valence-electron chi connectivity index (χ4n) is 2.82. The number of carbonyl (C=O) groups is 1. The summed E-state index contributed by atoms with van der Waals surface area (Å²) in [6.07, 6.45) is 5.50. The van der Waals surface area contributed by atoms with E-state index < -0.39 is 0 Å². The smallest absolute Gasteiger partial charge is 0.287 e. The number of hydrogen-bond donors (Lipinski definition) is 1. The van der Waals surface area contributed by atoms with Gasteiger partial charge in [0.05, 0.1) is 6.26 Å². The van der Waals surface area contributed by atoms with Crippen molar-refractivity contribution >= 4 is 5.91 Å². The van der Waals surface area contributed by atoms with Crippen LogP contribution in [0.5, 0.6) is 0 Å². The number of amides is 1. The number of piperidine rings is 1. The SMILES string of the molecule is O=C(NCc1ccc(CN2CCCCC2)cc1)c1ccco1. The average Bonchev–Trinajstić information content (AvgIpc) is 3.09. The zero-order chi connectivity index (χ0) is 15.2. The molecule has 1 saturated heterocycles. The topological polar surface area (TPSA) is 45.5 Å². The molecule has 1 aromatic heterocycles. The van der Waals surface area contributed by atoms with E-state index in [-0.39, 0.29) is 5.91 Å². The Morgan fingerprint density at radius 2 is 1.77 bits per heavy atom. The molecule has 0 saturated carbocycles. The summed E-state index contributed by atoms with van der Waals surface area (Å²) >= 11 is 0. The monoisotopic (exact) mass is 298 g/mol. The van der Waals surface area contributed by atoms with Gasteiger partial charge in [-0.1, -0.05) is 30.7 Å². The second kappa shape index (κ2) is 7.27. The molecule has 0 spiro atoms. The predicted molar refractivity (Wildman–Crippen MR) is 85.4 cm³/mol. The van der Waals surface area contributed by atoms with Crippen molar-refractivity contribution in [3.8, 4) is 0 Å². The van der Waals surface area contributed by atoms with Gasteiger partial charge in [0.1, 0.15) is 0 Å². The Balaban J connectivity index is 1.49. The van der Waals surface area contributed by atoms with Crippen molar-refractivity contribution in [3.63, 3.8) is 0 Å². The van der Waals surface area contributed by atoms with Crippen molar-refractivity contribution in [3.05, 3.63) is 59.5 Å². The molecule has 1 fully saturated rings. The Morgan fingerprint density at radius 3 is 2.45 bits per heavy atom. The number of rotatable bonds is 5. The summed E-state index contributed by atoms with van der Waals surface area (Å²) in [6, 6.07) is 11.9. The van der Waals surface area contributed by atoms with Gasteiger partial charge in [0.15, 0.2) is 5.76 Å². The molecular formula is C18H22N2O2. The lowest BCUT2D eigenvalue weighted by atomic mass is 10.1. The summed E-state index contributed by atoms with van der Waals surface area (Å²) in [5.41, 5.74) is 2.44. The molecule has 0 aliphatic carbocycles. The molecule has 1 aromatic carbocycles. The second-order valence-electron chi connectivity index (χ2n) is 5.81. The van der Waals surface area contributed by atoms with Crippen LogP contribution in [0.25, 0.3) is 0 Å². The molecule has 2 heterocycles. The maximum absolute atomic E-state index is 11.8. The lowest BCUT2D eigenvalue weighted by molar-refractivity contribution is 0.0923. The first-order chi connectivity index (χ1) is 10.8. The normalized spacial score (nSPS) is 15.6. The predicted octanol–water partition coefficient (Wildman–Crippen LogP) is 3.20. The summed E-state index contributed by atoms with van der Waals surface area (Å²) in [7, 11) is 0. The number of nitrogens with one attached hydrogen (secondary N) is 1. The highest BCUT2D eigenvalue weighted by atomic mass is 16.3. The molecule has 22 heavy (non-hydrogen) atoms. The maximum atomic E-state index is 11.8. The minimum atomic E-state index is -0.178. The van der Waals surface area contributed by atoms with Crippen molar-refractivity contribution in [2.24, 2.45) is 0 Å². The van der Waals surface area contributed by atoms with Crippen LogP contribution < -0.4 is 5.32 Å². The molecule has 3 rings (SSSR count). The van der Waals surface area contributed by atoms with Crippen LogP contribution in [-0.4, -0.2) is 23.9 Å². The van der Waals surface area contributed by atoms with Gasteiger partial charge in [-0.25, -0.2) is 0 Å². The summed E-state index contributed by atoms with van der Waals surface area (Å²) in [5.74, 6) is 0.170. The Morgan fingerprint density at radius 1 is 1.05 bits per heavy atom. The molecule has 0 bridgehead atoms. The standard InChI is InChI=1S/C18H22N2O2/c21-18(17-5-4-12-22-17)19-13-15-6-8-16(9-7-15)14-20-10-2-1-3-11-20/h4-9,12H,1-3,10-11,13-14H2,(H,19,21). The molecule has 2 aromatic rings. The molecular weight excluding hydrogens is 276 g/mol. The van der Waals surface area contributed by atoms with Gasteiger partial charge in [0, 0.05) is 13.1 Å². The Bertz CT molecular complexity index is 584. The number of hydrogen-bond acceptors (Lipinski definition) is 3. The first-order valence-electron chi connectivity index (χ1n) is 7.93. The van der Waals surface area contributed by atoms with Crippen molar-refractivity contribution in [2.45, 2.75) is 32.4 Å². The third-order valence-corrected chi connectivity index (χ3v) is 4.08. The van der Waals surface area contributed by atoms with E-state index in [0.717, 1.165) is 12.1 Å².